The Kier molecular flexibility index (Phi) is 3.30. The zero-order valence-corrected chi connectivity index (χ0v) is 8.36. The van der Waals surface area contributed by atoms with Gasteiger partial charge in [0, 0.05) is 12.8 Å². The van der Waals surface area contributed by atoms with E-state index in [-0.39, 0.29) is 0 Å². The van der Waals surface area contributed by atoms with Crippen LogP contribution in [-0.2, 0) is 4.79 Å². The minimum Gasteiger partial charge on any atom is -0.300 e. The first kappa shape index (κ1) is 9.76. The zero-order valence-electron chi connectivity index (χ0n) is 8.36. The summed E-state index contributed by atoms with van der Waals surface area (Å²) in [5.41, 5.74) is 0.410. The predicted molar refractivity (Wildman–Crippen MR) is 51.1 cm³/mol. The Morgan fingerprint density at radius 2 is 2.17 bits per heavy atom. The van der Waals surface area contributed by atoms with Crippen molar-refractivity contribution >= 4 is 5.78 Å². The number of rotatable bonds is 4. The van der Waals surface area contributed by atoms with Crippen molar-refractivity contribution in [2.75, 3.05) is 0 Å². The smallest absolute Gasteiger partial charge is 0.133 e. The van der Waals surface area contributed by atoms with E-state index < -0.39 is 0 Å². The molecule has 1 aliphatic rings. The van der Waals surface area contributed by atoms with Gasteiger partial charge in [0.15, 0.2) is 0 Å². The summed E-state index contributed by atoms with van der Waals surface area (Å²) >= 11 is 0. The van der Waals surface area contributed by atoms with Crippen LogP contribution < -0.4 is 0 Å². The molecule has 1 rings (SSSR count). The summed E-state index contributed by atoms with van der Waals surface area (Å²) in [5.74, 6) is 0.493. The van der Waals surface area contributed by atoms with Gasteiger partial charge in [-0.3, -0.25) is 4.79 Å². The molecule has 0 unspecified atom stereocenters. The van der Waals surface area contributed by atoms with E-state index in [1.165, 1.54) is 25.7 Å². The topological polar surface area (TPSA) is 17.1 Å². The third kappa shape index (κ3) is 2.09. The molecule has 1 atom stereocenters. The molecule has 0 heterocycles. The number of Topliss-reactive ketones (excluding diaryl/α,β-unsaturated/α-hetero) is 1. The van der Waals surface area contributed by atoms with E-state index in [1.54, 1.807) is 0 Å². The van der Waals surface area contributed by atoms with Crippen molar-refractivity contribution < 1.29 is 4.79 Å². The molecule has 0 aromatic heterocycles. The van der Waals surface area contributed by atoms with E-state index >= 15 is 0 Å². The number of hydrogen-bond donors (Lipinski definition) is 0. The van der Waals surface area contributed by atoms with E-state index in [0.29, 0.717) is 11.2 Å². The van der Waals surface area contributed by atoms with Crippen molar-refractivity contribution in [2.24, 2.45) is 5.41 Å². The molecule has 0 saturated heterocycles. The van der Waals surface area contributed by atoms with Crippen molar-refractivity contribution in [1.29, 1.82) is 0 Å². The van der Waals surface area contributed by atoms with Gasteiger partial charge in [-0.2, -0.15) is 0 Å². The lowest BCUT2D eigenvalue weighted by Gasteiger charge is -2.26. The molecule has 0 spiro atoms. The highest BCUT2D eigenvalue weighted by Gasteiger charge is 2.35. The molecule has 0 amide bonds. The molecule has 0 aromatic rings. The van der Waals surface area contributed by atoms with Crippen LogP contribution in [0.15, 0.2) is 0 Å². The summed E-state index contributed by atoms with van der Waals surface area (Å²) in [6, 6.07) is 0. The molecule has 1 saturated carbocycles. The summed E-state index contributed by atoms with van der Waals surface area (Å²) in [5, 5.41) is 0. The summed E-state index contributed by atoms with van der Waals surface area (Å²) in [6.07, 6.45) is 7.88. The van der Waals surface area contributed by atoms with Crippen LogP contribution in [0.4, 0.5) is 0 Å². The average molecular weight is 168 g/mol. The Hall–Kier alpha value is -0.330. The van der Waals surface area contributed by atoms with Gasteiger partial charge in [-0.25, -0.2) is 0 Å². The van der Waals surface area contributed by atoms with Crippen LogP contribution in [0.2, 0.25) is 0 Å². The molecule has 1 nitrogen and oxygen atoms in total. The van der Waals surface area contributed by atoms with Gasteiger partial charge >= 0.3 is 0 Å². The quantitative estimate of drug-likeness (QED) is 0.629. The number of unbranched alkanes of at least 4 members (excludes halogenated alkanes) is 1. The number of carbonyl (C=O) groups excluding carboxylic acids is 1. The molecule has 1 aliphatic carbocycles. The van der Waals surface area contributed by atoms with Crippen LogP contribution in [0.25, 0.3) is 0 Å². The highest BCUT2D eigenvalue weighted by Crippen LogP contribution is 2.43. The Balaban J connectivity index is 2.46. The van der Waals surface area contributed by atoms with Gasteiger partial charge in [-0.05, 0) is 18.3 Å². The third-order valence-corrected chi connectivity index (χ3v) is 3.32. The van der Waals surface area contributed by atoms with Crippen LogP contribution in [-0.4, -0.2) is 5.78 Å². The lowest BCUT2D eigenvalue weighted by Crippen LogP contribution is -2.15. The lowest BCUT2D eigenvalue weighted by atomic mass is 9.79. The molecule has 12 heavy (non-hydrogen) atoms. The molecule has 0 bridgehead atoms. The van der Waals surface area contributed by atoms with Gasteiger partial charge in [0.2, 0.25) is 0 Å². The highest BCUT2D eigenvalue weighted by molar-refractivity contribution is 5.81. The minimum absolute atomic E-state index is 0.410. The molecular formula is C11H20O. The monoisotopic (exact) mass is 168 g/mol. The van der Waals surface area contributed by atoms with E-state index in [4.69, 9.17) is 0 Å². The van der Waals surface area contributed by atoms with Crippen LogP contribution in [0.3, 0.4) is 0 Å². The maximum atomic E-state index is 11.2. The summed E-state index contributed by atoms with van der Waals surface area (Å²) < 4.78 is 0. The van der Waals surface area contributed by atoms with Crippen molar-refractivity contribution in [3.8, 4) is 0 Å². The fourth-order valence-electron chi connectivity index (χ4n) is 2.24. The van der Waals surface area contributed by atoms with Gasteiger partial charge in [-0.15, -0.1) is 0 Å². The fraction of sp³-hybridized carbons (Fsp3) is 0.909. The average Bonchev–Trinajstić information content (AvgIpc) is 2.45. The van der Waals surface area contributed by atoms with Crippen molar-refractivity contribution in [2.45, 2.75) is 58.8 Å². The third-order valence-electron chi connectivity index (χ3n) is 3.32. The second kappa shape index (κ2) is 4.06. The second-order valence-electron chi connectivity index (χ2n) is 4.17. The van der Waals surface area contributed by atoms with Crippen molar-refractivity contribution in [3.63, 3.8) is 0 Å². The normalized spacial score (nSPS) is 29.7. The summed E-state index contributed by atoms with van der Waals surface area (Å²) in [6.45, 7) is 4.45. The standard InChI is InChI=1S/C11H20O/c1-3-5-7-11(4-2)8-6-10(12)9-11/h3-9H2,1-2H3/t11-/m0/s1. The van der Waals surface area contributed by atoms with Crippen molar-refractivity contribution in [1.82, 2.24) is 0 Å². The molecule has 70 valence electrons. The molecule has 0 N–H and O–H groups in total. The largest absolute Gasteiger partial charge is 0.300 e. The van der Waals surface area contributed by atoms with Crippen LogP contribution in [0, 0.1) is 5.41 Å². The SMILES string of the molecule is CCCC[C@@]1(CC)CCC(=O)C1. The Morgan fingerprint density at radius 1 is 1.42 bits per heavy atom. The first-order chi connectivity index (χ1) is 5.72. The van der Waals surface area contributed by atoms with Gasteiger partial charge in [-0.1, -0.05) is 33.1 Å². The minimum atomic E-state index is 0.410. The number of carbonyl (C=O) groups is 1. The van der Waals surface area contributed by atoms with E-state index in [2.05, 4.69) is 13.8 Å². The van der Waals surface area contributed by atoms with E-state index in [9.17, 15) is 4.79 Å². The van der Waals surface area contributed by atoms with Crippen molar-refractivity contribution in [3.05, 3.63) is 0 Å². The fourth-order valence-corrected chi connectivity index (χ4v) is 2.24. The number of hydrogen-bond acceptors (Lipinski definition) is 1. The van der Waals surface area contributed by atoms with Crippen LogP contribution >= 0.6 is 0 Å². The van der Waals surface area contributed by atoms with Crippen LogP contribution in [0.5, 0.6) is 0 Å². The second-order valence-corrected chi connectivity index (χ2v) is 4.17. The molecule has 0 aliphatic heterocycles. The van der Waals surface area contributed by atoms with Gasteiger partial charge in [0.25, 0.3) is 0 Å². The Labute approximate surface area is 75.5 Å². The predicted octanol–water partition coefficient (Wildman–Crippen LogP) is 3.33. The zero-order chi connectivity index (χ0) is 9.03. The first-order valence-electron chi connectivity index (χ1n) is 5.24. The molecule has 1 heteroatoms. The summed E-state index contributed by atoms with van der Waals surface area (Å²) in [7, 11) is 0. The Bertz CT molecular complexity index is 162. The van der Waals surface area contributed by atoms with E-state index in [1.807, 2.05) is 0 Å². The van der Waals surface area contributed by atoms with Gasteiger partial charge in [0.1, 0.15) is 5.78 Å². The van der Waals surface area contributed by atoms with E-state index in [0.717, 1.165) is 19.3 Å². The number of ketones is 1. The van der Waals surface area contributed by atoms with Gasteiger partial charge in [0.05, 0.1) is 0 Å². The molecule has 1 fully saturated rings. The Morgan fingerprint density at radius 3 is 2.58 bits per heavy atom. The first-order valence-corrected chi connectivity index (χ1v) is 5.24. The lowest BCUT2D eigenvalue weighted by molar-refractivity contribution is -0.118. The summed E-state index contributed by atoms with van der Waals surface area (Å²) in [4.78, 5) is 11.2. The molecule has 0 radical (unpaired) electrons. The highest BCUT2D eigenvalue weighted by atomic mass is 16.1. The maximum Gasteiger partial charge on any atom is 0.133 e. The van der Waals surface area contributed by atoms with Gasteiger partial charge < -0.3 is 0 Å². The molecule has 0 aromatic carbocycles. The maximum absolute atomic E-state index is 11.2. The molecular weight excluding hydrogens is 148 g/mol. The van der Waals surface area contributed by atoms with Crippen LogP contribution in [0.1, 0.15) is 58.8 Å².